The quantitative estimate of drug-likeness (QED) is 0.780. The third kappa shape index (κ3) is 3.44. The van der Waals surface area contributed by atoms with Gasteiger partial charge in [-0.25, -0.2) is 9.07 Å². The van der Waals surface area contributed by atoms with Crippen molar-refractivity contribution in [2.45, 2.75) is 19.6 Å². The summed E-state index contributed by atoms with van der Waals surface area (Å²) in [5, 5.41) is 15.7. The molecule has 1 N–H and O–H groups in total. The van der Waals surface area contributed by atoms with E-state index in [1.807, 2.05) is 19.1 Å². The Bertz CT molecular complexity index is 906. The van der Waals surface area contributed by atoms with E-state index in [0.717, 1.165) is 11.1 Å². The number of rotatable bonds is 5. The van der Waals surface area contributed by atoms with Gasteiger partial charge in [0, 0.05) is 5.39 Å². The lowest BCUT2D eigenvalue weighted by Crippen LogP contribution is -2.32. The van der Waals surface area contributed by atoms with Gasteiger partial charge in [-0.05, 0) is 37.3 Å². The lowest BCUT2D eigenvalue weighted by Gasteiger charge is -2.14. The van der Waals surface area contributed by atoms with E-state index in [2.05, 4.69) is 5.10 Å². The van der Waals surface area contributed by atoms with E-state index in [1.165, 1.54) is 28.9 Å². The summed E-state index contributed by atoms with van der Waals surface area (Å²) in [6, 6.07) is 12.7. The van der Waals surface area contributed by atoms with Gasteiger partial charge in [-0.2, -0.15) is 5.10 Å². The summed E-state index contributed by atoms with van der Waals surface area (Å²) in [5.74, 6) is 0.0933. The van der Waals surface area contributed by atoms with Gasteiger partial charge < -0.3 is 9.84 Å². The number of aliphatic hydroxyl groups is 1. The largest absolute Gasteiger partial charge is 0.491 e. The van der Waals surface area contributed by atoms with Gasteiger partial charge in [-0.3, -0.25) is 4.79 Å². The SMILES string of the molecule is Cc1nn(C[C@H](O)COc2ccc(F)cc2)c(=O)c2ccccc12. The van der Waals surface area contributed by atoms with Gasteiger partial charge in [0.25, 0.3) is 5.56 Å². The van der Waals surface area contributed by atoms with Gasteiger partial charge in [0.1, 0.15) is 24.3 Å². The first kappa shape index (κ1) is 16.1. The van der Waals surface area contributed by atoms with E-state index in [-0.39, 0.29) is 24.5 Å². The molecular formula is C18H17FN2O3. The summed E-state index contributed by atoms with van der Waals surface area (Å²) in [4.78, 5) is 12.4. The predicted octanol–water partition coefficient (Wildman–Crippen LogP) is 2.28. The third-order valence-electron chi connectivity index (χ3n) is 3.69. The summed E-state index contributed by atoms with van der Waals surface area (Å²) in [6.07, 6.45) is -0.916. The summed E-state index contributed by atoms with van der Waals surface area (Å²) >= 11 is 0. The number of halogens is 1. The highest BCUT2D eigenvalue weighted by Crippen LogP contribution is 2.13. The average molecular weight is 328 g/mol. The molecule has 1 heterocycles. The molecule has 5 nitrogen and oxygen atoms in total. The molecule has 3 aromatic rings. The Kier molecular flexibility index (Phi) is 4.57. The fraction of sp³-hybridized carbons (Fsp3) is 0.222. The topological polar surface area (TPSA) is 64.3 Å². The first-order valence-electron chi connectivity index (χ1n) is 7.57. The Labute approximate surface area is 137 Å². The number of hydrogen-bond donors (Lipinski definition) is 1. The highest BCUT2D eigenvalue weighted by atomic mass is 19.1. The van der Waals surface area contributed by atoms with Crippen molar-refractivity contribution in [1.82, 2.24) is 9.78 Å². The van der Waals surface area contributed by atoms with Crippen LogP contribution in [0.4, 0.5) is 4.39 Å². The molecule has 6 heteroatoms. The van der Waals surface area contributed by atoms with Crippen LogP contribution in [-0.4, -0.2) is 27.6 Å². The number of aliphatic hydroxyl groups excluding tert-OH is 1. The molecular weight excluding hydrogens is 311 g/mol. The van der Waals surface area contributed by atoms with Crippen LogP contribution in [0.15, 0.2) is 53.3 Å². The van der Waals surface area contributed by atoms with Crippen LogP contribution in [0.1, 0.15) is 5.69 Å². The monoisotopic (exact) mass is 328 g/mol. The molecule has 3 rings (SSSR count). The van der Waals surface area contributed by atoms with Crippen LogP contribution < -0.4 is 10.3 Å². The maximum atomic E-state index is 12.8. The predicted molar refractivity (Wildman–Crippen MR) is 88.6 cm³/mol. The molecule has 0 aliphatic carbocycles. The third-order valence-corrected chi connectivity index (χ3v) is 3.69. The fourth-order valence-electron chi connectivity index (χ4n) is 2.50. The van der Waals surface area contributed by atoms with Crippen molar-refractivity contribution in [3.05, 3.63) is 70.4 Å². The zero-order chi connectivity index (χ0) is 17.1. The molecule has 124 valence electrons. The lowest BCUT2D eigenvalue weighted by molar-refractivity contribution is 0.0880. The van der Waals surface area contributed by atoms with Gasteiger partial charge in [-0.15, -0.1) is 0 Å². The number of ether oxygens (including phenoxy) is 1. The Morgan fingerprint density at radius 2 is 1.83 bits per heavy atom. The minimum absolute atomic E-state index is 0.0195. The van der Waals surface area contributed by atoms with Gasteiger partial charge in [0.2, 0.25) is 0 Å². The van der Waals surface area contributed by atoms with E-state index in [1.54, 1.807) is 12.1 Å². The van der Waals surface area contributed by atoms with Crippen LogP contribution in [0, 0.1) is 12.7 Å². The molecule has 0 amide bonds. The molecule has 2 aromatic carbocycles. The molecule has 0 bridgehead atoms. The van der Waals surface area contributed by atoms with Crippen molar-refractivity contribution in [3.8, 4) is 5.75 Å². The number of fused-ring (bicyclic) bond motifs is 1. The molecule has 0 aliphatic heterocycles. The van der Waals surface area contributed by atoms with Crippen molar-refractivity contribution < 1.29 is 14.2 Å². The first-order valence-corrected chi connectivity index (χ1v) is 7.57. The van der Waals surface area contributed by atoms with Gasteiger partial charge in [0.15, 0.2) is 0 Å². The van der Waals surface area contributed by atoms with Crippen molar-refractivity contribution in [2.75, 3.05) is 6.61 Å². The maximum Gasteiger partial charge on any atom is 0.274 e. The number of benzene rings is 2. The number of aryl methyl sites for hydroxylation is 1. The van der Waals surface area contributed by atoms with Crippen LogP contribution in [-0.2, 0) is 6.54 Å². The van der Waals surface area contributed by atoms with Crippen LogP contribution >= 0.6 is 0 Å². The normalized spacial score (nSPS) is 12.3. The van der Waals surface area contributed by atoms with E-state index in [0.29, 0.717) is 11.1 Å². The van der Waals surface area contributed by atoms with Crippen molar-refractivity contribution in [3.63, 3.8) is 0 Å². The maximum absolute atomic E-state index is 12.8. The Hall–Kier alpha value is -2.73. The Morgan fingerprint density at radius 3 is 2.54 bits per heavy atom. The minimum Gasteiger partial charge on any atom is -0.491 e. The Balaban J connectivity index is 1.73. The fourth-order valence-corrected chi connectivity index (χ4v) is 2.50. The van der Waals surface area contributed by atoms with Crippen molar-refractivity contribution in [2.24, 2.45) is 0 Å². The number of aromatic nitrogens is 2. The molecule has 24 heavy (non-hydrogen) atoms. The summed E-state index contributed by atoms with van der Waals surface area (Å²) in [6.45, 7) is 1.82. The zero-order valence-corrected chi connectivity index (χ0v) is 13.1. The van der Waals surface area contributed by atoms with Crippen LogP contribution in [0.25, 0.3) is 10.8 Å². The molecule has 1 aromatic heterocycles. The van der Waals surface area contributed by atoms with Crippen molar-refractivity contribution in [1.29, 1.82) is 0 Å². The molecule has 0 saturated carbocycles. The molecule has 0 unspecified atom stereocenters. The standard InChI is InChI=1S/C18H17FN2O3/c1-12-16-4-2-3-5-17(16)18(23)21(20-12)10-14(22)11-24-15-8-6-13(19)7-9-15/h2-9,14,22H,10-11H2,1H3/t14-/m0/s1. The van der Waals surface area contributed by atoms with Crippen LogP contribution in [0.3, 0.4) is 0 Å². The van der Waals surface area contributed by atoms with E-state index in [4.69, 9.17) is 4.74 Å². The average Bonchev–Trinajstić information content (AvgIpc) is 2.59. The smallest absolute Gasteiger partial charge is 0.274 e. The molecule has 1 atom stereocenters. The highest BCUT2D eigenvalue weighted by Gasteiger charge is 2.12. The highest BCUT2D eigenvalue weighted by molar-refractivity contribution is 5.83. The van der Waals surface area contributed by atoms with Crippen LogP contribution in [0.2, 0.25) is 0 Å². The second-order valence-electron chi connectivity index (χ2n) is 5.54. The van der Waals surface area contributed by atoms with Gasteiger partial charge in [0.05, 0.1) is 17.6 Å². The van der Waals surface area contributed by atoms with Gasteiger partial charge >= 0.3 is 0 Å². The Morgan fingerprint density at radius 1 is 1.17 bits per heavy atom. The second-order valence-corrected chi connectivity index (χ2v) is 5.54. The molecule has 0 radical (unpaired) electrons. The molecule has 0 aliphatic rings. The van der Waals surface area contributed by atoms with Crippen molar-refractivity contribution >= 4 is 10.8 Å². The summed E-state index contributed by atoms with van der Waals surface area (Å²) in [7, 11) is 0. The van der Waals surface area contributed by atoms with Gasteiger partial charge in [-0.1, -0.05) is 18.2 Å². The first-order chi connectivity index (χ1) is 11.5. The minimum atomic E-state index is -0.916. The van der Waals surface area contributed by atoms with E-state index < -0.39 is 6.10 Å². The summed E-state index contributed by atoms with van der Waals surface area (Å²) in [5.41, 5.74) is 0.467. The summed E-state index contributed by atoms with van der Waals surface area (Å²) < 4.78 is 19.5. The lowest BCUT2D eigenvalue weighted by atomic mass is 10.1. The second kappa shape index (κ2) is 6.80. The van der Waals surface area contributed by atoms with Crippen LogP contribution in [0.5, 0.6) is 5.75 Å². The number of hydrogen-bond acceptors (Lipinski definition) is 4. The molecule has 0 fully saturated rings. The molecule has 0 spiro atoms. The van der Waals surface area contributed by atoms with E-state index in [9.17, 15) is 14.3 Å². The van der Waals surface area contributed by atoms with E-state index >= 15 is 0 Å². The number of nitrogens with zero attached hydrogens (tertiary/aromatic N) is 2. The molecule has 0 saturated heterocycles. The zero-order valence-electron chi connectivity index (χ0n) is 13.1.